The Balaban J connectivity index is 2.54. The van der Waals surface area contributed by atoms with E-state index < -0.39 is 26.9 Å². The van der Waals surface area contributed by atoms with Gasteiger partial charge in [0.1, 0.15) is 10.1 Å². The van der Waals surface area contributed by atoms with Gasteiger partial charge in [-0.1, -0.05) is 11.6 Å². The number of hydrogen-bond donors (Lipinski definition) is 2. The first-order valence-electron chi connectivity index (χ1n) is 5.51. The van der Waals surface area contributed by atoms with Gasteiger partial charge in [0.15, 0.2) is 15.6 Å². The van der Waals surface area contributed by atoms with Crippen LogP contribution in [0.5, 0.6) is 5.75 Å². The SMILES string of the molecule is CO[C@H]1COC[C@@H]1S(=O)(=O)c1c(Cl)ccc(N)c1O. The van der Waals surface area contributed by atoms with Crippen LogP contribution in [0.2, 0.25) is 5.02 Å². The first-order valence-corrected chi connectivity index (χ1v) is 7.43. The van der Waals surface area contributed by atoms with E-state index in [0.29, 0.717) is 0 Å². The molecule has 0 aromatic heterocycles. The fraction of sp³-hybridized carbons (Fsp3) is 0.455. The summed E-state index contributed by atoms with van der Waals surface area (Å²) >= 11 is 5.88. The minimum absolute atomic E-state index is 0.00852. The average molecular weight is 308 g/mol. The van der Waals surface area contributed by atoms with Crippen LogP contribution in [0.25, 0.3) is 0 Å². The van der Waals surface area contributed by atoms with Crippen molar-refractivity contribution in [3.05, 3.63) is 17.2 Å². The molecule has 8 heteroatoms. The number of aromatic hydroxyl groups is 1. The second-order valence-corrected chi connectivity index (χ2v) is 6.72. The summed E-state index contributed by atoms with van der Waals surface area (Å²) in [4.78, 5) is -0.369. The van der Waals surface area contributed by atoms with Crippen LogP contribution in [-0.2, 0) is 19.3 Å². The van der Waals surface area contributed by atoms with Crippen molar-refractivity contribution in [1.29, 1.82) is 0 Å². The number of rotatable bonds is 3. The van der Waals surface area contributed by atoms with E-state index in [4.69, 9.17) is 26.8 Å². The molecule has 1 aromatic carbocycles. The third-order valence-electron chi connectivity index (χ3n) is 3.08. The van der Waals surface area contributed by atoms with E-state index in [0.717, 1.165) is 0 Å². The minimum atomic E-state index is -3.90. The monoisotopic (exact) mass is 307 g/mol. The van der Waals surface area contributed by atoms with E-state index in [2.05, 4.69) is 0 Å². The molecular formula is C11H14ClNO5S. The lowest BCUT2D eigenvalue weighted by atomic mass is 10.3. The van der Waals surface area contributed by atoms with Crippen molar-refractivity contribution in [1.82, 2.24) is 0 Å². The predicted octanol–water partition coefficient (Wildman–Crippen LogP) is 0.815. The highest BCUT2D eigenvalue weighted by molar-refractivity contribution is 7.92. The molecule has 106 valence electrons. The molecule has 3 N–H and O–H groups in total. The highest BCUT2D eigenvalue weighted by Crippen LogP contribution is 2.38. The maximum atomic E-state index is 12.5. The summed E-state index contributed by atoms with van der Waals surface area (Å²) in [6, 6.07) is 2.68. The van der Waals surface area contributed by atoms with E-state index >= 15 is 0 Å². The number of nitrogen functional groups attached to an aromatic ring is 1. The Kier molecular flexibility index (Phi) is 3.91. The van der Waals surface area contributed by atoms with Gasteiger partial charge >= 0.3 is 0 Å². The zero-order valence-electron chi connectivity index (χ0n) is 10.2. The van der Waals surface area contributed by atoms with Gasteiger partial charge in [-0.25, -0.2) is 8.42 Å². The standard InChI is InChI=1S/C11H14ClNO5S/c1-17-8-4-18-5-9(8)19(15,16)11-6(12)2-3-7(13)10(11)14/h2-3,8-9,14H,4-5,13H2,1H3/t8-,9-/m0/s1. The predicted molar refractivity (Wildman–Crippen MR) is 70.1 cm³/mol. The fourth-order valence-corrected chi connectivity index (χ4v) is 4.38. The van der Waals surface area contributed by atoms with Gasteiger partial charge in [-0.05, 0) is 12.1 Å². The van der Waals surface area contributed by atoms with Crippen molar-refractivity contribution in [3.8, 4) is 5.75 Å². The lowest BCUT2D eigenvalue weighted by Gasteiger charge is -2.18. The van der Waals surface area contributed by atoms with Crippen LogP contribution < -0.4 is 5.73 Å². The summed E-state index contributed by atoms with van der Waals surface area (Å²) in [5, 5.41) is 8.87. The molecule has 1 aromatic rings. The molecule has 0 bridgehead atoms. The van der Waals surface area contributed by atoms with Crippen LogP contribution in [0.15, 0.2) is 17.0 Å². The first-order chi connectivity index (χ1) is 8.89. The molecular weight excluding hydrogens is 294 g/mol. The maximum Gasteiger partial charge on any atom is 0.191 e. The number of nitrogens with two attached hydrogens (primary N) is 1. The topological polar surface area (TPSA) is 98.9 Å². The lowest BCUT2D eigenvalue weighted by molar-refractivity contribution is 0.0829. The van der Waals surface area contributed by atoms with Gasteiger partial charge in [-0.15, -0.1) is 0 Å². The molecule has 1 heterocycles. The number of ether oxygens (including phenoxy) is 2. The molecule has 1 fully saturated rings. The normalized spacial score (nSPS) is 23.7. The molecule has 19 heavy (non-hydrogen) atoms. The molecule has 1 aliphatic rings. The smallest absolute Gasteiger partial charge is 0.191 e. The van der Waals surface area contributed by atoms with Crippen LogP contribution >= 0.6 is 11.6 Å². The van der Waals surface area contributed by atoms with Crippen molar-refractivity contribution in [3.63, 3.8) is 0 Å². The number of methoxy groups -OCH3 is 1. The van der Waals surface area contributed by atoms with Crippen molar-refractivity contribution < 1.29 is 23.0 Å². The molecule has 6 nitrogen and oxygen atoms in total. The van der Waals surface area contributed by atoms with E-state index in [1.54, 1.807) is 0 Å². The zero-order chi connectivity index (χ0) is 14.2. The van der Waals surface area contributed by atoms with Crippen LogP contribution in [0.4, 0.5) is 5.69 Å². The molecule has 0 spiro atoms. The summed E-state index contributed by atoms with van der Waals surface area (Å²) in [7, 11) is -2.49. The average Bonchev–Trinajstić information content (AvgIpc) is 2.83. The van der Waals surface area contributed by atoms with Crippen molar-refractivity contribution >= 4 is 27.1 Å². The van der Waals surface area contributed by atoms with Crippen molar-refractivity contribution in [2.75, 3.05) is 26.1 Å². The third-order valence-corrected chi connectivity index (χ3v) is 5.73. The molecule has 0 radical (unpaired) electrons. The highest BCUT2D eigenvalue weighted by atomic mass is 35.5. The number of anilines is 1. The maximum absolute atomic E-state index is 12.5. The summed E-state index contributed by atoms with van der Waals surface area (Å²) in [5.74, 6) is -0.533. The summed E-state index contributed by atoms with van der Waals surface area (Å²) in [6.07, 6.45) is -0.595. The third kappa shape index (κ3) is 2.38. The van der Waals surface area contributed by atoms with Crippen LogP contribution in [0.3, 0.4) is 0 Å². The molecule has 0 saturated carbocycles. The Bertz CT molecular complexity index is 589. The number of benzene rings is 1. The van der Waals surface area contributed by atoms with E-state index in [9.17, 15) is 13.5 Å². The Hall–Kier alpha value is -1.02. The zero-order valence-corrected chi connectivity index (χ0v) is 11.7. The van der Waals surface area contributed by atoms with Crippen molar-refractivity contribution in [2.45, 2.75) is 16.2 Å². The molecule has 0 amide bonds. The molecule has 0 aliphatic carbocycles. The van der Waals surface area contributed by atoms with Crippen LogP contribution in [0, 0.1) is 0 Å². The first kappa shape index (κ1) is 14.4. The van der Waals surface area contributed by atoms with Gasteiger partial charge in [-0.3, -0.25) is 0 Å². The van der Waals surface area contributed by atoms with E-state index in [1.807, 2.05) is 0 Å². The lowest BCUT2D eigenvalue weighted by Crippen LogP contribution is -2.34. The van der Waals surface area contributed by atoms with Crippen LogP contribution in [-0.4, -0.2) is 45.2 Å². The summed E-state index contributed by atoms with van der Waals surface area (Å²) in [6.45, 7) is 0.173. The van der Waals surface area contributed by atoms with Gasteiger partial charge in [-0.2, -0.15) is 0 Å². The highest BCUT2D eigenvalue weighted by Gasteiger charge is 2.42. The van der Waals surface area contributed by atoms with Crippen LogP contribution in [0.1, 0.15) is 0 Å². The van der Waals surface area contributed by atoms with Gasteiger partial charge in [0.05, 0.1) is 30.0 Å². The second kappa shape index (κ2) is 5.16. The van der Waals surface area contributed by atoms with Gasteiger partial charge in [0, 0.05) is 7.11 Å². The second-order valence-electron chi connectivity index (χ2n) is 4.21. The largest absolute Gasteiger partial charge is 0.504 e. The Morgan fingerprint density at radius 1 is 1.47 bits per heavy atom. The Labute approximate surface area is 116 Å². The molecule has 2 rings (SSSR count). The molecule has 0 unspecified atom stereocenters. The van der Waals surface area contributed by atoms with E-state index in [-0.39, 0.29) is 28.8 Å². The summed E-state index contributed by atoms with van der Waals surface area (Å²) < 4.78 is 35.3. The molecule has 2 atom stereocenters. The van der Waals surface area contributed by atoms with Gasteiger partial charge < -0.3 is 20.3 Å². The minimum Gasteiger partial charge on any atom is -0.504 e. The van der Waals surface area contributed by atoms with Gasteiger partial charge in [0.25, 0.3) is 0 Å². The number of sulfone groups is 1. The fourth-order valence-electron chi connectivity index (χ4n) is 2.01. The molecule has 1 saturated heterocycles. The van der Waals surface area contributed by atoms with Gasteiger partial charge in [0.2, 0.25) is 0 Å². The number of phenols is 1. The molecule has 1 aliphatic heterocycles. The van der Waals surface area contributed by atoms with Crippen molar-refractivity contribution in [2.24, 2.45) is 0 Å². The Morgan fingerprint density at radius 2 is 2.16 bits per heavy atom. The number of hydrogen-bond acceptors (Lipinski definition) is 6. The van der Waals surface area contributed by atoms with E-state index in [1.165, 1.54) is 19.2 Å². The Morgan fingerprint density at radius 3 is 2.79 bits per heavy atom. The number of phenolic OH excluding ortho intramolecular Hbond substituents is 1. The summed E-state index contributed by atoms with van der Waals surface area (Å²) in [5.41, 5.74) is 5.47. The quantitative estimate of drug-likeness (QED) is 0.633. The number of halogens is 1.